The number of amides is 1. The maximum absolute atomic E-state index is 13.0. The Balaban J connectivity index is 1.27. The summed E-state index contributed by atoms with van der Waals surface area (Å²) in [6, 6.07) is 0. The molecule has 30 heavy (non-hydrogen) atoms. The van der Waals surface area contributed by atoms with Gasteiger partial charge in [0.25, 0.3) is 5.91 Å². The molecular formula is C22H30N6O2. The maximum atomic E-state index is 13.0. The molecule has 4 aliphatic rings. The lowest BCUT2D eigenvalue weighted by molar-refractivity contribution is -0.0503. The molecule has 0 atom stereocenters. The summed E-state index contributed by atoms with van der Waals surface area (Å²) in [6.07, 6.45) is 13.0. The summed E-state index contributed by atoms with van der Waals surface area (Å²) in [5.41, 5.74) is 1.57. The highest BCUT2D eigenvalue weighted by atomic mass is 16.3. The van der Waals surface area contributed by atoms with E-state index in [1.165, 1.54) is 38.5 Å². The van der Waals surface area contributed by atoms with E-state index in [-0.39, 0.29) is 12.5 Å². The largest absolute Gasteiger partial charge is 0.395 e. The number of rotatable bonds is 7. The first kappa shape index (κ1) is 19.5. The van der Waals surface area contributed by atoms with Crippen molar-refractivity contribution in [3.05, 3.63) is 29.8 Å². The Hall–Kier alpha value is -2.48. The van der Waals surface area contributed by atoms with Crippen molar-refractivity contribution in [3.63, 3.8) is 0 Å². The Morgan fingerprint density at radius 1 is 1.20 bits per heavy atom. The molecule has 4 saturated carbocycles. The van der Waals surface area contributed by atoms with Gasteiger partial charge in [0.2, 0.25) is 0 Å². The zero-order chi connectivity index (χ0) is 20.7. The van der Waals surface area contributed by atoms with Crippen LogP contribution in [-0.2, 0) is 0 Å². The molecule has 4 aliphatic carbocycles. The van der Waals surface area contributed by atoms with Gasteiger partial charge < -0.3 is 15.7 Å². The monoisotopic (exact) mass is 410 g/mol. The SMILES string of the molecule is Cc1nn(-c2cncc(NCCO)n2)cc1C(=O)NCC12CC3CC(CC(C3)C1)C2. The van der Waals surface area contributed by atoms with Crippen molar-refractivity contribution in [2.24, 2.45) is 23.2 Å². The Morgan fingerprint density at radius 3 is 2.57 bits per heavy atom. The summed E-state index contributed by atoms with van der Waals surface area (Å²) in [4.78, 5) is 21.6. The number of carbonyl (C=O) groups excluding carboxylic acids is 1. The van der Waals surface area contributed by atoms with Crippen molar-refractivity contribution in [3.8, 4) is 5.82 Å². The maximum Gasteiger partial charge on any atom is 0.254 e. The fourth-order valence-corrected chi connectivity index (χ4v) is 6.41. The van der Waals surface area contributed by atoms with E-state index in [2.05, 4.69) is 25.7 Å². The van der Waals surface area contributed by atoms with E-state index in [1.807, 2.05) is 6.92 Å². The Morgan fingerprint density at radius 2 is 1.90 bits per heavy atom. The van der Waals surface area contributed by atoms with Crippen LogP contribution in [0.5, 0.6) is 0 Å². The Kier molecular flexibility index (Phi) is 4.97. The number of aliphatic hydroxyl groups excluding tert-OH is 1. The van der Waals surface area contributed by atoms with Gasteiger partial charge in [-0.3, -0.25) is 9.78 Å². The molecule has 0 spiro atoms. The Labute approximate surface area is 176 Å². The number of aryl methyl sites for hydroxylation is 1. The van der Waals surface area contributed by atoms with E-state index < -0.39 is 0 Å². The standard InChI is InChI=1S/C22H30N6O2/c1-14-18(12-28(27-14)20-11-23-10-19(26-20)24-2-3-29)21(30)25-13-22-7-15-4-16(8-22)6-17(5-15)9-22/h10-12,15-17,29H,2-9,13H2,1H3,(H,24,26)(H,25,30). The summed E-state index contributed by atoms with van der Waals surface area (Å²) >= 11 is 0. The van der Waals surface area contributed by atoms with Crippen LogP contribution in [0.1, 0.15) is 54.6 Å². The number of hydrogen-bond donors (Lipinski definition) is 3. The van der Waals surface area contributed by atoms with E-state index >= 15 is 0 Å². The van der Waals surface area contributed by atoms with Crippen LogP contribution in [0.4, 0.5) is 5.82 Å². The molecule has 2 aromatic rings. The molecule has 8 heteroatoms. The van der Waals surface area contributed by atoms with Crippen LogP contribution in [0.3, 0.4) is 0 Å². The number of aliphatic hydroxyl groups is 1. The van der Waals surface area contributed by atoms with Crippen molar-refractivity contribution in [1.82, 2.24) is 25.1 Å². The minimum absolute atomic E-state index is 0.0147. The number of nitrogens with zero attached hydrogens (tertiary/aromatic N) is 4. The van der Waals surface area contributed by atoms with Gasteiger partial charge in [-0.1, -0.05) is 0 Å². The van der Waals surface area contributed by atoms with Crippen LogP contribution < -0.4 is 10.6 Å². The van der Waals surface area contributed by atoms with E-state index in [0.29, 0.717) is 34.9 Å². The highest BCUT2D eigenvalue weighted by Crippen LogP contribution is 2.59. The first-order valence-corrected chi connectivity index (χ1v) is 11.1. The molecule has 8 nitrogen and oxygen atoms in total. The van der Waals surface area contributed by atoms with Gasteiger partial charge in [-0.2, -0.15) is 5.10 Å². The smallest absolute Gasteiger partial charge is 0.254 e. The molecule has 0 radical (unpaired) electrons. The van der Waals surface area contributed by atoms with Gasteiger partial charge in [-0.15, -0.1) is 0 Å². The van der Waals surface area contributed by atoms with Crippen molar-refractivity contribution in [1.29, 1.82) is 0 Å². The fourth-order valence-electron chi connectivity index (χ4n) is 6.41. The molecular weight excluding hydrogens is 380 g/mol. The Bertz CT molecular complexity index is 904. The lowest BCUT2D eigenvalue weighted by Crippen LogP contribution is -2.51. The minimum Gasteiger partial charge on any atom is -0.395 e. The molecule has 0 unspecified atom stereocenters. The second-order valence-electron chi connectivity index (χ2n) is 9.59. The molecule has 4 fully saturated rings. The average Bonchev–Trinajstić information content (AvgIpc) is 3.12. The first-order valence-electron chi connectivity index (χ1n) is 11.1. The topological polar surface area (TPSA) is 105 Å². The molecule has 1 amide bonds. The third-order valence-electron chi connectivity index (χ3n) is 7.21. The van der Waals surface area contributed by atoms with Gasteiger partial charge in [-0.05, 0) is 68.6 Å². The second kappa shape index (κ2) is 7.65. The van der Waals surface area contributed by atoms with E-state index in [1.54, 1.807) is 23.3 Å². The molecule has 6 rings (SSSR count). The molecule has 0 aromatic carbocycles. The van der Waals surface area contributed by atoms with Gasteiger partial charge in [0.15, 0.2) is 5.82 Å². The van der Waals surface area contributed by atoms with Crippen molar-refractivity contribution < 1.29 is 9.90 Å². The van der Waals surface area contributed by atoms with Crippen LogP contribution in [0.15, 0.2) is 18.6 Å². The minimum atomic E-state index is -0.0583. The number of nitrogens with one attached hydrogen (secondary N) is 2. The lowest BCUT2D eigenvalue weighted by atomic mass is 9.49. The fraction of sp³-hybridized carbons (Fsp3) is 0.636. The highest BCUT2D eigenvalue weighted by molar-refractivity contribution is 5.95. The summed E-state index contributed by atoms with van der Waals surface area (Å²) < 4.78 is 1.59. The average molecular weight is 411 g/mol. The summed E-state index contributed by atoms with van der Waals surface area (Å²) in [7, 11) is 0. The number of aromatic nitrogens is 4. The number of carbonyl (C=O) groups is 1. The summed E-state index contributed by atoms with van der Waals surface area (Å²) in [5, 5.41) is 19.7. The van der Waals surface area contributed by atoms with Crippen molar-refractivity contribution in [2.75, 3.05) is 25.0 Å². The van der Waals surface area contributed by atoms with Crippen molar-refractivity contribution >= 4 is 11.7 Å². The first-order chi connectivity index (χ1) is 14.5. The predicted molar refractivity (Wildman–Crippen MR) is 112 cm³/mol. The van der Waals surface area contributed by atoms with Crippen molar-refractivity contribution in [2.45, 2.75) is 45.4 Å². The second-order valence-corrected chi connectivity index (χ2v) is 9.59. The van der Waals surface area contributed by atoms with E-state index in [0.717, 1.165) is 24.3 Å². The quantitative estimate of drug-likeness (QED) is 0.647. The van der Waals surface area contributed by atoms with Gasteiger partial charge in [0, 0.05) is 19.3 Å². The van der Waals surface area contributed by atoms with Crippen LogP contribution in [-0.4, -0.2) is 50.5 Å². The third-order valence-corrected chi connectivity index (χ3v) is 7.21. The van der Waals surface area contributed by atoms with Gasteiger partial charge >= 0.3 is 0 Å². The van der Waals surface area contributed by atoms with Crippen LogP contribution in [0.25, 0.3) is 5.82 Å². The van der Waals surface area contributed by atoms with Gasteiger partial charge in [0.05, 0.1) is 30.3 Å². The van der Waals surface area contributed by atoms with Gasteiger partial charge in [-0.25, -0.2) is 9.67 Å². The zero-order valence-corrected chi connectivity index (χ0v) is 17.5. The third kappa shape index (κ3) is 3.69. The molecule has 0 saturated heterocycles. The number of hydrogen-bond acceptors (Lipinski definition) is 6. The molecule has 4 bridgehead atoms. The molecule has 160 valence electrons. The van der Waals surface area contributed by atoms with Crippen LogP contribution in [0.2, 0.25) is 0 Å². The van der Waals surface area contributed by atoms with E-state index in [4.69, 9.17) is 5.11 Å². The van der Waals surface area contributed by atoms with Crippen LogP contribution in [0, 0.1) is 30.1 Å². The van der Waals surface area contributed by atoms with Gasteiger partial charge in [0.1, 0.15) is 5.82 Å². The molecule has 2 heterocycles. The molecule has 0 aliphatic heterocycles. The summed E-state index contributed by atoms with van der Waals surface area (Å²) in [5.74, 6) is 3.66. The lowest BCUT2D eigenvalue weighted by Gasteiger charge is -2.56. The van der Waals surface area contributed by atoms with Crippen LogP contribution >= 0.6 is 0 Å². The number of anilines is 1. The highest BCUT2D eigenvalue weighted by Gasteiger charge is 2.50. The normalized spacial score (nSPS) is 29.2. The molecule has 3 N–H and O–H groups in total. The zero-order valence-electron chi connectivity index (χ0n) is 17.5. The van der Waals surface area contributed by atoms with E-state index in [9.17, 15) is 4.79 Å². The molecule has 2 aromatic heterocycles. The summed E-state index contributed by atoms with van der Waals surface area (Å²) in [6.45, 7) is 3.03. The predicted octanol–water partition coefficient (Wildman–Crippen LogP) is 2.32.